The molecule has 0 aliphatic carbocycles. The molecule has 1 amide bonds. The zero-order chi connectivity index (χ0) is 15.2. The van der Waals surface area contributed by atoms with Crippen molar-refractivity contribution in [2.45, 2.75) is 44.8 Å². The molecule has 0 spiro atoms. The van der Waals surface area contributed by atoms with E-state index < -0.39 is 0 Å². The SMILES string of the molecule is O=C(CCCc1cn[nH]c1)NCc1noc([C@@H]2CCCO2)n1. The van der Waals surface area contributed by atoms with Crippen LogP contribution in [0.25, 0.3) is 0 Å². The largest absolute Gasteiger partial charge is 0.368 e. The Kier molecular flexibility index (Phi) is 4.79. The lowest BCUT2D eigenvalue weighted by molar-refractivity contribution is -0.121. The summed E-state index contributed by atoms with van der Waals surface area (Å²) < 4.78 is 10.6. The molecule has 2 aromatic heterocycles. The molecule has 1 fully saturated rings. The zero-order valence-electron chi connectivity index (χ0n) is 12.2. The Labute approximate surface area is 127 Å². The van der Waals surface area contributed by atoms with Crippen molar-refractivity contribution in [1.82, 2.24) is 25.7 Å². The molecule has 118 valence electrons. The third-order valence-electron chi connectivity index (χ3n) is 3.56. The second-order valence-corrected chi connectivity index (χ2v) is 5.29. The number of nitrogens with one attached hydrogen (secondary N) is 2. The maximum atomic E-state index is 11.8. The second kappa shape index (κ2) is 7.17. The average Bonchev–Trinajstić information content (AvgIpc) is 3.26. The van der Waals surface area contributed by atoms with E-state index in [0.717, 1.165) is 37.9 Å². The molecule has 0 bridgehead atoms. The predicted octanol–water partition coefficient (Wildman–Crippen LogP) is 1.28. The molecule has 0 radical (unpaired) electrons. The summed E-state index contributed by atoms with van der Waals surface area (Å²) in [5, 5.41) is 13.3. The van der Waals surface area contributed by atoms with Crippen LogP contribution >= 0.6 is 0 Å². The van der Waals surface area contributed by atoms with Gasteiger partial charge in [-0.1, -0.05) is 5.16 Å². The predicted molar refractivity (Wildman–Crippen MR) is 75.6 cm³/mol. The number of aryl methyl sites for hydroxylation is 1. The lowest BCUT2D eigenvalue weighted by atomic mass is 10.1. The molecule has 0 unspecified atom stereocenters. The van der Waals surface area contributed by atoms with Crippen molar-refractivity contribution in [3.8, 4) is 0 Å². The molecule has 3 heterocycles. The van der Waals surface area contributed by atoms with Gasteiger partial charge >= 0.3 is 0 Å². The van der Waals surface area contributed by atoms with Crippen LogP contribution in [0.15, 0.2) is 16.9 Å². The maximum absolute atomic E-state index is 11.8. The van der Waals surface area contributed by atoms with Gasteiger partial charge in [0.05, 0.1) is 12.7 Å². The van der Waals surface area contributed by atoms with E-state index in [2.05, 4.69) is 25.7 Å². The van der Waals surface area contributed by atoms with Gasteiger partial charge in [0.15, 0.2) is 5.82 Å². The molecule has 1 atom stereocenters. The number of carbonyl (C=O) groups is 1. The summed E-state index contributed by atoms with van der Waals surface area (Å²) in [5.41, 5.74) is 1.10. The highest BCUT2D eigenvalue weighted by molar-refractivity contribution is 5.75. The smallest absolute Gasteiger partial charge is 0.255 e. The number of hydrogen-bond acceptors (Lipinski definition) is 6. The summed E-state index contributed by atoms with van der Waals surface area (Å²) in [7, 11) is 0. The van der Waals surface area contributed by atoms with Gasteiger partial charge in [-0.05, 0) is 31.2 Å². The van der Waals surface area contributed by atoms with Gasteiger partial charge in [0.25, 0.3) is 5.89 Å². The van der Waals surface area contributed by atoms with Crippen LogP contribution in [0.5, 0.6) is 0 Å². The van der Waals surface area contributed by atoms with Crippen molar-refractivity contribution in [3.63, 3.8) is 0 Å². The Bertz CT molecular complexity index is 589. The number of aromatic nitrogens is 4. The van der Waals surface area contributed by atoms with Gasteiger partial charge in [-0.15, -0.1) is 0 Å². The number of hydrogen-bond donors (Lipinski definition) is 2. The van der Waals surface area contributed by atoms with E-state index in [1.165, 1.54) is 0 Å². The quantitative estimate of drug-likeness (QED) is 0.798. The van der Waals surface area contributed by atoms with E-state index in [4.69, 9.17) is 9.26 Å². The van der Waals surface area contributed by atoms with Crippen molar-refractivity contribution in [3.05, 3.63) is 29.7 Å². The van der Waals surface area contributed by atoms with Crippen molar-refractivity contribution in [2.75, 3.05) is 6.61 Å². The van der Waals surface area contributed by atoms with E-state index in [0.29, 0.717) is 18.1 Å². The Hall–Kier alpha value is -2.22. The van der Waals surface area contributed by atoms with Crippen LogP contribution in [0.2, 0.25) is 0 Å². The molecule has 0 aromatic carbocycles. The number of aromatic amines is 1. The minimum atomic E-state index is -0.0908. The molecule has 2 aromatic rings. The van der Waals surface area contributed by atoms with E-state index in [1.54, 1.807) is 6.20 Å². The molecule has 1 aliphatic heterocycles. The third kappa shape index (κ3) is 3.91. The van der Waals surface area contributed by atoms with Crippen LogP contribution in [0, 0.1) is 0 Å². The van der Waals surface area contributed by atoms with Gasteiger partial charge in [-0.2, -0.15) is 10.1 Å². The fraction of sp³-hybridized carbons (Fsp3) is 0.571. The van der Waals surface area contributed by atoms with Gasteiger partial charge in [0.2, 0.25) is 5.91 Å². The second-order valence-electron chi connectivity index (χ2n) is 5.29. The molecule has 1 saturated heterocycles. The van der Waals surface area contributed by atoms with Crippen LogP contribution in [-0.2, 0) is 22.5 Å². The van der Waals surface area contributed by atoms with Gasteiger partial charge in [0.1, 0.15) is 6.10 Å². The lowest BCUT2D eigenvalue weighted by Gasteiger charge is -2.02. The molecular weight excluding hydrogens is 286 g/mol. The molecular formula is C14H19N5O3. The molecule has 22 heavy (non-hydrogen) atoms. The van der Waals surface area contributed by atoms with Crippen molar-refractivity contribution >= 4 is 5.91 Å². The van der Waals surface area contributed by atoms with E-state index >= 15 is 0 Å². The number of rotatable bonds is 7. The number of ether oxygens (including phenoxy) is 1. The summed E-state index contributed by atoms with van der Waals surface area (Å²) in [4.78, 5) is 16.0. The average molecular weight is 305 g/mol. The Morgan fingerprint density at radius 3 is 3.23 bits per heavy atom. The highest BCUT2D eigenvalue weighted by Gasteiger charge is 2.23. The number of nitrogens with zero attached hydrogens (tertiary/aromatic N) is 3. The summed E-state index contributed by atoms with van der Waals surface area (Å²) in [6.07, 6.45) is 7.49. The minimum Gasteiger partial charge on any atom is -0.368 e. The fourth-order valence-electron chi connectivity index (χ4n) is 2.38. The summed E-state index contributed by atoms with van der Waals surface area (Å²) in [5.74, 6) is 0.961. The molecule has 2 N–H and O–H groups in total. The first kappa shape index (κ1) is 14.7. The first-order valence-electron chi connectivity index (χ1n) is 7.49. The van der Waals surface area contributed by atoms with Crippen LogP contribution < -0.4 is 5.32 Å². The standard InChI is InChI=1S/C14H19N5O3/c20-13(5-1-3-10-7-16-17-8-10)15-9-12-18-14(22-19-12)11-4-2-6-21-11/h7-8,11H,1-6,9H2,(H,15,20)(H,16,17)/t11-/m0/s1. The molecule has 8 nitrogen and oxygen atoms in total. The summed E-state index contributed by atoms with van der Waals surface area (Å²) >= 11 is 0. The fourth-order valence-corrected chi connectivity index (χ4v) is 2.38. The van der Waals surface area contributed by atoms with E-state index in [1.807, 2.05) is 6.20 Å². The highest BCUT2D eigenvalue weighted by Crippen LogP contribution is 2.26. The number of carbonyl (C=O) groups excluding carboxylic acids is 1. The molecule has 0 saturated carbocycles. The van der Waals surface area contributed by atoms with Crippen molar-refractivity contribution < 1.29 is 14.1 Å². The summed E-state index contributed by atoms with van der Waals surface area (Å²) in [6.45, 7) is 1.01. The highest BCUT2D eigenvalue weighted by atomic mass is 16.5. The third-order valence-corrected chi connectivity index (χ3v) is 3.56. The first-order chi connectivity index (χ1) is 10.8. The summed E-state index contributed by atoms with van der Waals surface area (Å²) in [6, 6.07) is 0. The monoisotopic (exact) mass is 305 g/mol. The van der Waals surface area contributed by atoms with Gasteiger partial charge < -0.3 is 14.6 Å². The number of H-pyrrole nitrogens is 1. The van der Waals surface area contributed by atoms with Crippen molar-refractivity contribution in [2.24, 2.45) is 0 Å². The number of amides is 1. The van der Waals surface area contributed by atoms with E-state index in [-0.39, 0.29) is 18.6 Å². The Balaban J connectivity index is 1.37. The van der Waals surface area contributed by atoms with Crippen LogP contribution in [-0.4, -0.2) is 32.9 Å². The van der Waals surface area contributed by atoms with Crippen LogP contribution in [0.3, 0.4) is 0 Å². The van der Waals surface area contributed by atoms with E-state index in [9.17, 15) is 4.79 Å². The molecule has 8 heteroatoms. The van der Waals surface area contributed by atoms with Crippen LogP contribution in [0.1, 0.15) is 49.1 Å². The minimum absolute atomic E-state index is 0.0213. The van der Waals surface area contributed by atoms with Crippen molar-refractivity contribution in [1.29, 1.82) is 0 Å². The maximum Gasteiger partial charge on any atom is 0.255 e. The molecule has 1 aliphatic rings. The normalized spacial score (nSPS) is 17.7. The Morgan fingerprint density at radius 1 is 1.50 bits per heavy atom. The van der Waals surface area contributed by atoms with Crippen LogP contribution in [0.4, 0.5) is 0 Å². The zero-order valence-corrected chi connectivity index (χ0v) is 12.2. The lowest BCUT2D eigenvalue weighted by Crippen LogP contribution is -2.23. The molecule has 3 rings (SSSR count). The first-order valence-corrected chi connectivity index (χ1v) is 7.49. The topological polar surface area (TPSA) is 106 Å². The van der Waals surface area contributed by atoms with Gasteiger partial charge in [-0.3, -0.25) is 9.89 Å². The Morgan fingerprint density at radius 2 is 2.45 bits per heavy atom. The van der Waals surface area contributed by atoms with Gasteiger partial charge in [-0.25, -0.2) is 0 Å². The van der Waals surface area contributed by atoms with Gasteiger partial charge in [0, 0.05) is 19.2 Å².